The molecule has 2 N–H and O–H groups in total. The van der Waals surface area contributed by atoms with Crippen LogP contribution >= 0.6 is 0 Å². The highest BCUT2D eigenvalue weighted by Crippen LogP contribution is 2.23. The number of fused-ring (bicyclic) bond motifs is 1. The molecule has 1 amide bonds. The number of unbranched alkanes of at least 4 members (excludes halogenated alkanes) is 1. The summed E-state index contributed by atoms with van der Waals surface area (Å²) in [6.07, 6.45) is 2.42. The van der Waals surface area contributed by atoms with Crippen molar-refractivity contribution >= 4 is 11.9 Å². The van der Waals surface area contributed by atoms with Crippen molar-refractivity contribution in [1.29, 1.82) is 0 Å². The molecule has 0 radical (unpaired) electrons. The fourth-order valence-corrected chi connectivity index (χ4v) is 2.63. The van der Waals surface area contributed by atoms with Crippen molar-refractivity contribution in [2.24, 2.45) is 0 Å². The minimum absolute atomic E-state index is 0.103. The Labute approximate surface area is 125 Å². The first-order valence-corrected chi connectivity index (χ1v) is 7.42. The van der Waals surface area contributed by atoms with E-state index in [0.29, 0.717) is 19.5 Å². The maximum Gasteiger partial charge on any atom is 0.321 e. The lowest BCUT2D eigenvalue weighted by atomic mass is 9.94. The predicted octanol–water partition coefficient (Wildman–Crippen LogP) is 1.41. The van der Waals surface area contributed by atoms with E-state index in [4.69, 9.17) is 0 Å². The van der Waals surface area contributed by atoms with Crippen LogP contribution < -0.4 is 5.32 Å². The van der Waals surface area contributed by atoms with Crippen LogP contribution in [0.2, 0.25) is 0 Å². The van der Waals surface area contributed by atoms with Crippen LogP contribution in [0.25, 0.3) is 0 Å². The van der Waals surface area contributed by atoms with E-state index < -0.39 is 12.0 Å². The second kappa shape index (κ2) is 7.22. The van der Waals surface area contributed by atoms with Crippen LogP contribution in [0.4, 0.5) is 0 Å². The number of aliphatic carboxylic acids is 1. The summed E-state index contributed by atoms with van der Waals surface area (Å²) in [6, 6.07) is 7.20. The lowest BCUT2D eigenvalue weighted by Gasteiger charge is -2.33. The van der Waals surface area contributed by atoms with E-state index in [1.54, 1.807) is 4.90 Å². The first-order valence-electron chi connectivity index (χ1n) is 7.42. The molecular weight excluding hydrogens is 268 g/mol. The van der Waals surface area contributed by atoms with Crippen LogP contribution in [0, 0.1) is 0 Å². The van der Waals surface area contributed by atoms with E-state index in [1.165, 1.54) is 0 Å². The second-order valence-corrected chi connectivity index (χ2v) is 5.44. The summed E-state index contributed by atoms with van der Waals surface area (Å²) in [7, 11) is 0. The molecule has 0 saturated heterocycles. The summed E-state index contributed by atoms with van der Waals surface area (Å²) in [5, 5.41) is 12.2. The molecule has 2 rings (SSSR count). The Morgan fingerprint density at radius 3 is 2.71 bits per heavy atom. The first-order chi connectivity index (χ1) is 10.1. The van der Waals surface area contributed by atoms with Gasteiger partial charge in [-0.1, -0.05) is 37.6 Å². The molecule has 114 valence electrons. The minimum atomic E-state index is -0.870. The normalized spacial score (nSPS) is 18.0. The summed E-state index contributed by atoms with van der Waals surface area (Å²) in [5.41, 5.74) is 2.17. The zero-order valence-electron chi connectivity index (χ0n) is 12.3. The van der Waals surface area contributed by atoms with Crippen molar-refractivity contribution < 1.29 is 14.7 Å². The molecule has 1 aromatic carbocycles. The summed E-state index contributed by atoms with van der Waals surface area (Å²) in [6.45, 7) is 3.36. The van der Waals surface area contributed by atoms with Gasteiger partial charge in [0.15, 0.2) is 0 Å². The quantitative estimate of drug-likeness (QED) is 0.777. The maximum atomic E-state index is 11.9. The molecule has 5 heteroatoms. The predicted molar refractivity (Wildman–Crippen MR) is 79.9 cm³/mol. The summed E-state index contributed by atoms with van der Waals surface area (Å²) in [5.74, 6) is -0.972. The highest BCUT2D eigenvalue weighted by atomic mass is 16.4. The standard InChI is InChI=1S/C16H22N2O3/c1-2-3-8-17-15(19)11-18-10-13-7-5-4-6-12(13)9-14(18)16(20)21/h4-7,14H,2-3,8-11H2,1H3,(H,17,19)(H,20,21)/t14-/m0/s1. The molecule has 0 spiro atoms. The number of nitrogens with zero attached hydrogens (tertiary/aromatic N) is 1. The third-order valence-electron chi connectivity index (χ3n) is 3.83. The van der Waals surface area contributed by atoms with Gasteiger partial charge in [0.1, 0.15) is 6.04 Å². The summed E-state index contributed by atoms with van der Waals surface area (Å²) < 4.78 is 0. The number of nitrogens with one attached hydrogen (secondary N) is 1. The molecular formula is C16H22N2O3. The number of hydrogen-bond donors (Lipinski definition) is 2. The SMILES string of the molecule is CCCCNC(=O)CN1Cc2ccccc2C[C@H]1C(=O)O. The zero-order chi connectivity index (χ0) is 15.2. The Balaban J connectivity index is 2.03. The number of rotatable bonds is 6. The molecule has 1 atom stereocenters. The zero-order valence-corrected chi connectivity index (χ0v) is 12.3. The van der Waals surface area contributed by atoms with Crippen LogP contribution in [-0.4, -0.2) is 41.0 Å². The van der Waals surface area contributed by atoms with Crippen molar-refractivity contribution in [3.8, 4) is 0 Å². The van der Waals surface area contributed by atoms with Gasteiger partial charge in [0.05, 0.1) is 6.54 Å². The van der Waals surface area contributed by atoms with Gasteiger partial charge in [0.25, 0.3) is 0 Å². The number of carbonyl (C=O) groups excluding carboxylic acids is 1. The van der Waals surface area contributed by atoms with E-state index in [-0.39, 0.29) is 12.5 Å². The maximum absolute atomic E-state index is 11.9. The fraction of sp³-hybridized carbons (Fsp3) is 0.500. The lowest BCUT2D eigenvalue weighted by Crippen LogP contribution is -2.49. The van der Waals surface area contributed by atoms with Gasteiger partial charge in [0, 0.05) is 13.1 Å². The summed E-state index contributed by atoms with van der Waals surface area (Å²) >= 11 is 0. The Kier molecular flexibility index (Phi) is 5.33. The number of amides is 1. The van der Waals surface area contributed by atoms with Gasteiger partial charge in [-0.2, -0.15) is 0 Å². The van der Waals surface area contributed by atoms with Crippen LogP contribution in [0.1, 0.15) is 30.9 Å². The number of carbonyl (C=O) groups is 2. The second-order valence-electron chi connectivity index (χ2n) is 5.44. The van der Waals surface area contributed by atoms with Crippen molar-refractivity contribution in [2.45, 2.75) is 38.8 Å². The molecule has 1 aliphatic heterocycles. The average Bonchev–Trinajstić information content (AvgIpc) is 2.46. The average molecular weight is 290 g/mol. The molecule has 0 fully saturated rings. The van der Waals surface area contributed by atoms with E-state index >= 15 is 0 Å². The highest BCUT2D eigenvalue weighted by Gasteiger charge is 2.32. The molecule has 5 nitrogen and oxygen atoms in total. The van der Waals surface area contributed by atoms with Gasteiger partial charge >= 0.3 is 5.97 Å². The van der Waals surface area contributed by atoms with Crippen molar-refractivity contribution in [3.05, 3.63) is 35.4 Å². The van der Waals surface area contributed by atoms with E-state index in [2.05, 4.69) is 12.2 Å². The fourth-order valence-electron chi connectivity index (χ4n) is 2.63. The van der Waals surface area contributed by atoms with Gasteiger partial charge in [-0.3, -0.25) is 14.5 Å². The Bertz CT molecular complexity index is 516. The molecule has 0 aliphatic carbocycles. The molecule has 0 bridgehead atoms. The first kappa shape index (κ1) is 15.5. The molecule has 0 aromatic heterocycles. The number of hydrogen-bond acceptors (Lipinski definition) is 3. The van der Waals surface area contributed by atoms with Crippen LogP contribution in [0.5, 0.6) is 0 Å². The minimum Gasteiger partial charge on any atom is -0.480 e. The van der Waals surface area contributed by atoms with Crippen molar-refractivity contribution in [2.75, 3.05) is 13.1 Å². The Morgan fingerprint density at radius 2 is 2.05 bits per heavy atom. The van der Waals surface area contributed by atoms with E-state index in [9.17, 15) is 14.7 Å². The molecule has 1 aliphatic rings. The van der Waals surface area contributed by atoms with Crippen LogP contribution in [0.3, 0.4) is 0 Å². The largest absolute Gasteiger partial charge is 0.480 e. The lowest BCUT2D eigenvalue weighted by molar-refractivity contribution is -0.144. The van der Waals surface area contributed by atoms with Gasteiger partial charge < -0.3 is 10.4 Å². The monoisotopic (exact) mass is 290 g/mol. The smallest absolute Gasteiger partial charge is 0.321 e. The van der Waals surface area contributed by atoms with Gasteiger partial charge in [-0.05, 0) is 24.0 Å². The Morgan fingerprint density at radius 1 is 1.33 bits per heavy atom. The van der Waals surface area contributed by atoms with E-state index in [0.717, 1.165) is 24.0 Å². The molecule has 0 unspecified atom stereocenters. The molecule has 1 heterocycles. The van der Waals surface area contributed by atoms with Crippen molar-refractivity contribution in [3.63, 3.8) is 0 Å². The van der Waals surface area contributed by atoms with Crippen molar-refractivity contribution in [1.82, 2.24) is 10.2 Å². The van der Waals surface area contributed by atoms with Crippen LogP contribution in [0.15, 0.2) is 24.3 Å². The third kappa shape index (κ3) is 4.04. The molecule has 0 saturated carbocycles. The number of benzene rings is 1. The van der Waals surface area contributed by atoms with Gasteiger partial charge in [0.2, 0.25) is 5.91 Å². The highest BCUT2D eigenvalue weighted by molar-refractivity contribution is 5.80. The van der Waals surface area contributed by atoms with Gasteiger partial charge in [-0.15, -0.1) is 0 Å². The third-order valence-corrected chi connectivity index (χ3v) is 3.83. The number of carboxylic acids is 1. The summed E-state index contributed by atoms with van der Waals surface area (Å²) in [4.78, 5) is 25.1. The van der Waals surface area contributed by atoms with Crippen LogP contribution in [-0.2, 0) is 22.6 Å². The van der Waals surface area contributed by atoms with Gasteiger partial charge in [-0.25, -0.2) is 0 Å². The topological polar surface area (TPSA) is 69.6 Å². The molecule has 1 aromatic rings. The number of carboxylic acid groups (broad SMARTS) is 1. The Hall–Kier alpha value is -1.88. The molecule has 21 heavy (non-hydrogen) atoms. The van der Waals surface area contributed by atoms with E-state index in [1.807, 2.05) is 24.3 Å².